The van der Waals surface area contributed by atoms with E-state index in [1.807, 2.05) is 0 Å². The van der Waals surface area contributed by atoms with Crippen LogP contribution in [-0.4, -0.2) is 49.7 Å². The third-order valence-corrected chi connectivity index (χ3v) is 5.06. The van der Waals surface area contributed by atoms with Crippen molar-refractivity contribution in [3.8, 4) is 0 Å². The van der Waals surface area contributed by atoms with Gasteiger partial charge in [0.25, 0.3) is 0 Å². The highest BCUT2D eigenvalue weighted by Crippen LogP contribution is 2.35. The first-order valence-corrected chi connectivity index (χ1v) is 7.77. The smallest absolute Gasteiger partial charge is 0.0328 e. The molecule has 2 rings (SSSR count). The fourth-order valence-electron chi connectivity index (χ4n) is 3.37. The monoisotopic (exact) mass is 253 g/mol. The molecule has 0 radical (unpaired) electrons. The predicted octanol–water partition coefficient (Wildman–Crippen LogP) is 1.98. The molecule has 2 fully saturated rings. The fraction of sp³-hybridized carbons (Fsp3) is 1.00. The first-order valence-electron chi connectivity index (χ1n) is 7.77. The van der Waals surface area contributed by atoms with E-state index in [2.05, 4.69) is 36.6 Å². The number of hydrogen-bond donors (Lipinski definition) is 2. The van der Waals surface area contributed by atoms with Crippen molar-refractivity contribution in [1.82, 2.24) is 15.5 Å². The average molecular weight is 253 g/mol. The minimum atomic E-state index is 0.453. The van der Waals surface area contributed by atoms with E-state index < -0.39 is 0 Å². The van der Waals surface area contributed by atoms with Gasteiger partial charge in [-0.05, 0) is 66.1 Å². The highest BCUT2D eigenvalue weighted by atomic mass is 15.2. The number of nitrogens with one attached hydrogen (secondary N) is 2. The minimum absolute atomic E-state index is 0.453. The Balaban J connectivity index is 1.69. The van der Waals surface area contributed by atoms with Gasteiger partial charge in [-0.25, -0.2) is 0 Å². The Hall–Kier alpha value is -0.120. The quantitative estimate of drug-likeness (QED) is 0.758. The fourth-order valence-corrected chi connectivity index (χ4v) is 3.37. The number of likely N-dealkylation sites (N-methyl/N-ethyl adjacent to an activating group) is 1. The maximum absolute atomic E-state index is 3.77. The van der Waals surface area contributed by atoms with Crippen molar-refractivity contribution >= 4 is 0 Å². The molecule has 18 heavy (non-hydrogen) atoms. The summed E-state index contributed by atoms with van der Waals surface area (Å²) in [4.78, 5) is 2.43. The average Bonchev–Trinajstić information content (AvgIpc) is 2.28. The number of hydrogen-bond acceptors (Lipinski definition) is 3. The molecule has 2 atom stereocenters. The van der Waals surface area contributed by atoms with E-state index in [1.54, 1.807) is 0 Å². The van der Waals surface area contributed by atoms with E-state index in [0.717, 1.165) is 12.6 Å². The Bertz CT molecular complexity index is 242. The van der Waals surface area contributed by atoms with Crippen molar-refractivity contribution in [3.05, 3.63) is 0 Å². The lowest BCUT2D eigenvalue weighted by Crippen LogP contribution is -2.57. The van der Waals surface area contributed by atoms with Crippen LogP contribution in [0.5, 0.6) is 0 Å². The van der Waals surface area contributed by atoms with E-state index in [1.165, 1.54) is 51.5 Å². The Morgan fingerprint density at radius 1 is 1.28 bits per heavy atom. The van der Waals surface area contributed by atoms with Crippen LogP contribution in [0.3, 0.4) is 0 Å². The van der Waals surface area contributed by atoms with E-state index in [-0.39, 0.29) is 0 Å². The lowest BCUT2D eigenvalue weighted by Gasteiger charge is -2.48. The topological polar surface area (TPSA) is 27.3 Å². The van der Waals surface area contributed by atoms with Gasteiger partial charge in [0, 0.05) is 24.2 Å². The zero-order valence-corrected chi connectivity index (χ0v) is 12.5. The summed E-state index contributed by atoms with van der Waals surface area (Å²) in [7, 11) is 4.46. The van der Waals surface area contributed by atoms with Gasteiger partial charge >= 0.3 is 0 Å². The van der Waals surface area contributed by atoms with Crippen molar-refractivity contribution in [2.75, 3.05) is 27.2 Å². The summed E-state index contributed by atoms with van der Waals surface area (Å²) >= 11 is 0. The maximum atomic E-state index is 3.77. The Morgan fingerprint density at radius 3 is 2.56 bits per heavy atom. The van der Waals surface area contributed by atoms with E-state index >= 15 is 0 Å². The summed E-state index contributed by atoms with van der Waals surface area (Å²) in [6.07, 6.45) is 9.55. The van der Waals surface area contributed by atoms with Gasteiger partial charge in [0.2, 0.25) is 0 Å². The third kappa shape index (κ3) is 3.46. The summed E-state index contributed by atoms with van der Waals surface area (Å²) < 4.78 is 0. The third-order valence-electron chi connectivity index (χ3n) is 5.06. The van der Waals surface area contributed by atoms with Crippen LogP contribution in [0, 0.1) is 0 Å². The van der Waals surface area contributed by atoms with Gasteiger partial charge in [0.15, 0.2) is 0 Å². The molecule has 0 aromatic rings. The van der Waals surface area contributed by atoms with Crippen molar-refractivity contribution in [2.45, 2.75) is 69.5 Å². The molecule has 3 nitrogen and oxygen atoms in total. The van der Waals surface area contributed by atoms with Gasteiger partial charge in [0.1, 0.15) is 0 Å². The number of nitrogens with zero attached hydrogens (tertiary/aromatic N) is 1. The molecule has 3 heteroatoms. The van der Waals surface area contributed by atoms with Gasteiger partial charge in [-0.1, -0.05) is 6.42 Å². The molecule has 0 aromatic carbocycles. The lowest BCUT2D eigenvalue weighted by atomic mass is 9.75. The number of piperidine rings is 1. The second-order valence-corrected chi connectivity index (χ2v) is 6.64. The summed E-state index contributed by atoms with van der Waals surface area (Å²) in [5.41, 5.74) is 0.453. The van der Waals surface area contributed by atoms with Crippen LogP contribution in [0.15, 0.2) is 0 Å². The van der Waals surface area contributed by atoms with Gasteiger partial charge in [0.05, 0.1) is 0 Å². The largest absolute Gasteiger partial charge is 0.314 e. The van der Waals surface area contributed by atoms with E-state index in [9.17, 15) is 0 Å². The molecule has 0 aromatic heterocycles. The highest BCUT2D eigenvalue weighted by Gasteiger charge is 2.38. The Labute approximate surface area is 113 Å². The first-order chi connectivity index (χ1) is 8.62. The SMILES string of the molecule is CC(CC1CCCCN1)NCC1(N(C)C)CCC1. The highest BCUT2D eigenvalue weighted by molar-refractivity contribution is 4.98. The molecular weight excluding hydrogens is 222 g/mol. The summed E-state index contributed by atoms with van der Waals surface area (Å²) in [6.45, 7) is 4.73. The maximum Gasteiger partial charge on any atom is 0.0328 e. The molecule has 1 aliphatic carbocycles. The van der Waals surface area contributed by atoms with E-state index in [0.29, 0.717) is 11.6 Å². The standard InChI is InChI=1S/C15H31N3/c1-13(11-14-7-4-5-10-16-14)17-12-15(18(2)3)8-6-9-15/h13-14,16-17H,4-12H2,1-3H3. The molecule has 1 saturated heterocycles. The molecule has 1 heterocycles. The van der Waals surface area contributed by atoms with Gasteiger partial charge in [-0.3, -0.25) is 0 Å². The zero-order chi connectivity index (χ0) is 13.0. The second kappa shape index (κ2) is 6.36. The molecule has 0 bridgehead atoms. The van der Waals surface area contributed by atoms with Crippen LogP contribution in [0.1, 0.15) is 51.9 Å². The van der Waals surface area contributed by atoms with Crippen LogP contribution in [0.25, 0.3) is 0 Å². The molecule has 2 unspecified atom stereocenters. The molecule has 1 saturated carbocycles. The molecule has 106 valence electrons. The van der Waals surface area contributed by atoms with Gasteiger partial charge in [-0.15, -0.1) is 0 Å². The minimum Gasteiger partial charge on any atom is -0.314 e. The van der Waals surface area contributed by atoms with Crippen LogP contribution in [0.2, 0.25) is 0 Å². The summed E-state index contributed by atoms with van der Waals surface area (Å²) in [5, 5.41) is 7.42. The molecule has 1 aliphatic heterocycles. The normalized spacial score (nSPS) is 29.0. The van der Waals surface area contributed by atoms with Gasteiger partial charge in [-0.2, -0.15) is 0 Å². The van der Waals surface area contributed by atoms with Crippen LogP contribution < -0.4 is 10.6 Å². The lowest BCUT2D eigenvalue weighted by molar-refractivity contribution is 0.0569. The van der Waals surface area contributed by atoms with Gasteiger partial charge < -0.3 is 15.5 Å². The molecule has 2 aliphatic rings. The van der Waals surface area contributed by atoms with E-state index in [4.69, 9.17) is 0 Å². The van der Waals surface area contributed by atoms with Crippen molar-refractivity contribution in [1.29, 1.82) is 0 Å². The molecular formula is C15H31N3. The van der Waals surface area contributed by atoms with Crippen molar-refractivity contribution < 1.29 is 0 Å². The predicted molar refractivity (Wildman–Crippen MR) is 78.0 cm³/mol. The van der Waals surface area contributed by atoms with Crippen molar-refractivity contribution in [3.63, 3.8) is 0 Å². The number of rotatable bonds is 6. The summed E-state index contributed by atoms with van der Waals surface area (Å²) in [5.74, 6) is 0. The van der Waals surface area contributed by atoms with Crippen LogP contribution in [0.4, 0.5) is 0 Å². The Morgan fingerprint density at radius 2 is 2.06 bits per heavy atom. The first kappa shape index (κ1) is 14.3. The zero-order valence-electron chi connectivity index (χ0n) is 12.5. The van der Waals surface area contributed by atoms with Crippen LogP contribution in [-0.2, 0) is 0 Å². The molecule has 0 amide bonds. The molecule has 0 spiro atoms. The second-order valence-electron chi connectivity index (χ2n) is 6.64. The molecule has 2 N–H and O–H groups in total. The van der Waals surface area contributed by atoms with Crippen LogP contribution >= 0.6 is 0 Å². The van der Waals surface area contributed by atoms with Crippen molar-refractivity contribution in [2.24, 2.45) is 0 Å². The summed E-state index contributed by atoms with van der Waals surface area (Å²) in [6, 6.07) is 1.39. The Kier molecular flexibility index (Phi) is 5.05.